The zero-order chi connectivity index (χ0) is 20.5. The SMILES string of the molecule is C#CCOc1cc(CNC(=O)c2ccccc2SCc2cscn2)ccc1OC. The molecule has 1 aromatic heterocycles. The van der Waals surface area contributed by atoms with E-state index in [4.69, 9.17) is 15.9 Å². The lowest BCUT2D eigenvalue weighted by Gasteiger charge is -2.12. The minimum atomic E-state index is -0.131. The second-order valence-electron chi connectivity index (χ2n) is 5.93. The number of aromatic nitrogens is 1. The van der Waals surface area contributed by atoms with Gasteiger partial charge in [0.2, 0.25) is 0 Å². The van der Waals surface area contributed by atoms with E-state index in [1.807, 2.05) is 47.3 Å². The van der Waals surface area contributed by atoms with Crippen LogP contribution in [-0.4, -0.2) is 24.6 Å². The maximum absolute atomic E-state index is 12.8. The number of benzene rings is 2. The molecule has 0 fully saturated rings. The predicted molar refractivity (Wildman–Crippen MR) is 117 cm³/mol. The van der Waals surface area contributed by atoms with Crippen LogP contribution in [0.5, 0.6) is 11.5 Å². The van der Waals surface area contributed by atoms with Crippen molar-refractivity contribution in [1.82, 2.24) is 10.3 Å². The summed E-state index contributed by atoms with van der Waals surface area (Å²) in [5, 5.41) is 4.98. The summed E-state index contributed by atoms with van der Waals surface area (Å²) in [7, 11) is 1.57. The van der Waals surface area contributed by atoms with Gasteiger partial charge in [0.15, 0.2) is 11.5 Å². The first-order valence-electron chi connectivity index (χ1n) is 8.81. The van der Waals surface area contributed by atoms with Crippen LogP contribution in [0.3, 0.4) is 0 Å². The van der Waals surface area contributed by atoms with E-state index < -0.39 is 0 Å². The molecule has 1 heterocycles. The summed E-state index contributed by atoms with van der Waals surface area (Å²) < 4.78 is 10.8. The molecule has 1 amide bonds. The van der Waals surface area contributed by atoms with E-state index in [-0.39, 0.29) is 12.5 Å². The summed E-state index contributed by atoms with van der Waals surface area (Å²) in [5.41, 5.74) is 4.35. The second kappa shape index (κ2) is 10.6. The van der Waals surface area contributed by atoms with E-state index in [1.165, 1.54) is 0 Å². The maximum Gasteiger partial charge on any atom is 0.252 e. The van der Waals surface area contributed by atoms with E-state index in [0.29, 0.717) is 23.6 Å². The first-order chi connectivity index (χ1) is 14.2. The van der Waals surface area contributed by atoms with Gasteiger partial charge in [-0.3, -0.25) is 4.79 Å². The Balaban J connectivity index is 1.66. The molecule has 0 aliphatic rings. The topological polar surface area (TPSA) is 60.5 Å². The van der Waals surface area contributed by atoms with Crippen LogP contribution in [0.15, 0.2) is 58.3 Å². The first kappa shape index (κ1) is 20.8. The van der Waals surface area contributed by atoms with Gasteiger partial charge in [-0.15, -0.1) is 29.5 Å². The summed E-state index contributed by atoms with van der Waals surface area (Å²) in [5.74, 6) is 4.18. The van der Waals surface area contributed by atoms with Crippen LogP contribution < -0.4 is 14.8 Å². The van der Waals surface area contributed by atoms with Crippen molar-refractivity contribution in [1.29, 1.82) is 0 Å². The van der Waals surface area contributed by atoms with E-state index in [9.17, 15) is 4.79 Å². The number of amides is 1. The number of carbonyl (C=O) groups is 1. The van der Waals surface area contributed by atoms with Crippen LogP contribution in [0.2, 0.25) is 0 Å². The van der Waals surface area contributed by atoms with Gasteiger partial charge in [0.25, 0.3) is 5.91 Å². The van der Waals surface area contributed by atoms with E-state index in [2.05, 4.69) is 16.2 Å². The lowest BCUT2D eigenvalue weighted by molar-refractivity contribution is 0.0948. The largest absolute Gasteiger partial charge is 0.493 e. The van der Waals surface area contributed by atoms with Crippen LogP contribution in [0.4, 0.5) is 0 Å². The van der Waals surface area contributed by atoms with Crippen LogP contribution >= 0.6 is 23.1 Å². The number of nitrogens with zero attached hydrogens (tertiary/aromatic N) is 1. The van der Waals surface area contributed by atoms with Gasteiger partial charge >= 0.3 is 0 Å². The molecular weight excluding hydrogens is 404 g/mol. The van der Waals surface area contributed by atoms with Crippen molar-refractivity contribution in [3.8, 4) is 23.8 Å². The zero-order valence-electron chi connectivity index (χ0n) is 15.9. The normalized spacial score (nSPS) is 10.2. The summed E-state index contributed by atoms with van der Waals surface area (Å²) >= 11 is 3.16. The van der Waals surface area contributed by atoms with Gasteiger partial charge in [0.1, 0.15) is 6.61 Å². The molecule has 3 aromatic rings. The number of carbonyl (C=O) groups excluding carboxylic acids is 1. The Kier molecular flexibility index (Phi) is 7.56. The van der Waals surface area contributed by atoms with Gasteiger partial charge in [-0.2, -0.15) is 0 Å². The number of hydrogen-bond donors (Lipinski definition) is 1. The van der Waals surface area contributed by atoms with Crippen molar-refractivity contribution in [2.75, 3.05) is 13.7 Å². The molecule has 0 aliphatic heterocycles. The van der Waals surface area contributed by atoms with Crippen molar-refractivity contribution in [3.05, 3.63) is 70.2 Å². The maximum atomic E-state index is 12.8. The van der Waals surface area contributed by atoms with E-state index >= 15 is 0 Å². The molecule has 0 unspecified atom stereocenters. The number of thioether (sulfide) groups is 1. The Morgan fingerprint density at radius 3 is 2.90 bits per heavy atom. The van der Waals surface area contributed by atoms with Gasteiger partial charge in [0, 0.05) is 22.6 Å². The number of nitrogens with one attached hydrogen (secondary N) is 1. The Morgan fingerprint density at radius 1 is 1.28 bits per heavy atom. The number of rotatable bonds is 9. The summed E-state index contributed by atoms with van der Waals surface area (Å²) in [6.45, 7) is 0.510. The van der Waals surface area contributed by atoms with Crippen molar-refractivity contribution in [2.24, 2.45) is 0 Å². The minimum absolute atomic E-state index is 0.131. The fourth-order valence-electron chi connectivity index (χ4n) is 2.58. The Labute approximate surface area is 178 Å². The highest BCUT2D eigenvalue weighted by Crippen LogP contribution is 2.29. The van der Waals surface area contributed by atoms with Crippen LogP contribution in [-0.2, 0) is 12.3 Å². The number of hydrogen-bond acceptors (Lipinski definition) is 6. The van der Waals surface area contributed by atoms with Crippen LogP contribution in [0, 0.1) is 12.3 Å². The molecule has 0 atom stereocenters. The standard InChI is InChI=1S/C22H20N2O3S2/c1-3-10-27-20-11-16(8-9-19(20)26-2)12-23-22(25)18-6-4-5-7-21(18)29-14-17-13-28-15-24-17/h1,4-9,11,13,15H,10,12,14H2,2H3,(H,23,25). The van der Waals surface area contributed by atoms with Crippen molar-refractivity contribution < 1.29 is 14.3 Å². The third kappa shape index (κ3) is 5.76. The molecule has 7 heteroatoms. The van der Waals surface area contributed by atoms with Crippen molar-refractivity contribution in [3.63, 3.8) is 0 Å². The monoisotopic (exact) mass is 424 g/mol. The fraction of sp³-hybridized carbons (Fsp3) is 0.182. The Hall–Kier alpha value is -2.95. The van der Waals surface area contributed by atoms with Gasteiger partial charge in [0.05, 0.1) is 23.9 Å². The molecule has 2 aromatic carbocycles. The highest BCUT2D eigenvalue weighted by molar-refractivity contribution is 7.98. The molecular formula is C22H20N2O3S2. The molecule has 29 heavy (non-hydrogen) atoms. The molecule has 0 bridgehead atoms. The summed E-state index contributed by atoms with van der Waals surface area (Å²) in [4.78, 5) is 18.0. The summed E-state index contributed by atoms with van der Waals surface area (Å²) in [6.07, 6.45) is 5.26. The Bertz CT molecular complexity index is 998. The molecule has 5 nitrogen and oxygen atoms in total. The third-order valence-corrected chi connectivity index (χ3v) is 5.73. The molecule has 148 valence electrons. The average molecular weight is 425 g/mol. The molecule has 1 N–H and O–H groups in total. The number of terminal acetylenes is 1. The fourth-order valence-corrected chi connectivity index (χ4v) is 4.20. The van der Waals surface area contributed by atoms with Gasteiger partial charge in [-0.25, -0.2) is 4.98 Å². The lowest BCUT2D eigenvalue weighted by Crippen LogP contribution is -2.23. The van der Waals surface area contributed by atoms with Gasteiger partial charge < -0.3 is 14.8 Å². The first-order valence-corrected chi connectivity index (χ1v) is 10.7. The molecule has 0 aliphatic carbocycles. The number of thiazole rings is 1. The average Bonchev–Trinajstić information content (AvgIpc) is 3.28. The molecule has 0 saturated heterocycles. The predicted octanol–water partition coefficient (Wildman–Crippen LogP) is 4.39. The van der Waals surface area contributed by atoms with E-state index in [0.717, 1.165) is 21.9 Å². The van der Waals surface area contributed by atoms with Crippen LogP contribution in [0.25, 0.3) is 0 Å². The minimum Gasteiger partial charge on any atom is -0.493 e. The van der Waals surface area contributed by atoms with Crippen molar-refractivity contribution >= 4 is 29.0 Å². The summed E-state index contributed by atoms with van der Waals surface area (Å²) in [6, 6.07) is 13.1. The molecule has 0 radical (unpaired) electrons. The highest BCUT2D eigenvalue weighted by atomic mass is 32.2. The van der Waals surface area contributed by atoms with Crippen molar-refractivity contribution in [2.45, 2.75) is 17.2 Å². The number of ether oxygens (including phenoxy) is 2. The van der Waals surface area contributed by atoms with Crippen LogP contribution in [0.1, 0.15) is 21.6 Å². The molecule has 0 saturated carbocycles. The Morgan fingerprint density at radius 2 is 2.14 bits per heavy atom. The van der Waals surface area contributed by atoms with Gasteiger partial charge in [-0.05, 0) is 29.8 Å². The lowest BCUT2D eigenvalue weighted by atomic mass is 10.1. The molecule has 3 rings (SSSR count). The molecule has 0 spiro atoms. The van der Waals surface area contributed by atoms with E-state index in [1.54, 1.807) is 36.3 Å². The highest BCUT2D eigenvalue weighted by Gasteiger charge is 2.12. The number of methoxy groups -OCH3 is 1. The second-order valence-corrected chi connectivity index (χ2v) is 7.66. The zero-order valence-corrected chi connectivity index (χ0v) is 17.5. The quantitative estimate of drug-likeness (QED) is 0.408. The van der Waals surface area contributed by atoms with Gasteiger partial charge in [-0.1, -0.05) is 24.1 Å². The smallest absolute Gasteiger partial charge is 0.252 e. The third-order valence-electron chi connectivity index (χ3n) is 3.98.